The maximum atomic E-state index is 13.8. The van der Waals surface area contributed by atoms with Crippen molar-refractivity contribution in [2.45, 2.75) is 11.3 Å². The third-order valence-electron chi connectivity index (χ3n) is 2.78. The molecule has 0 aromatic heterocycles. The summed E-state index contributed by atoms with van der Waals surface area (Å²) < 4.78 is 19.2. The zero-order valence-electron chi connectivity index (χ0n) is 11.2. The lowest BCUT2D eigenvalue weighted by atomic mass is 10.1. The van der Waals surface area contributed by atoms with Crippen molar-refractivity contribution in [1.29, 1.82) is 0 Å². The number of ether oxygens (including phenoxy) is 1. The molecule has 2 aromatic rings. The van der Waals surface area contributed by atoms with Gasteiger partial charge in [0.25, 0.3) is 0 Å². The zero-order valence-corrected chi connectivity index (χ0v) is 12.0. The first-order valence-corrected chi connectivity index (χ1v) is 7.57. The maximum Gasteiger partial charge on any atom is 0.165 e. The summed E-state index contributed by atoms with van der Waals surface area (Å²) in [7, 11) is 0. The van der Waals surface area contributed by atoms with E-state index >= 15 is 0 Å². The molecule has 0 radical (unpaired) electrons. The second kappa shape index (κ2) is 7.92. The molecule has 4 heteroatoms. The molecule has 2 aromatic carbocycles. The predicted molar refractivity (Wildman–Crippen MR) is 81.8 cm³/mol. The molecule has 20 heavy (non-hydrogen) atoms. The van der Waals surface area contributed by atoms with Gasteiger partial charge in [0.15, 0.2) is 11.6 Å². The first-order valence-electron chi connectivity index (χ1n) is 6.59. The van der Waals surface area contributed by atoms with Crippen LogP contribution in [0.3, 0.4) is 0 Å². The lowest BCUT2D eigenvalue weighted by molar-refractivity contribution is 0.324. The molecule has 0 fully saturated rings. The fourth-order valence-electron chi connectivity index (χ4n) is 1.81. The molecule has 0 aliphatic heterocycles. The van der Waals surface area contributed by atoms with Crippen LogP contribution in [-0.2, 0) is 6.42 Å². The first kappa shape index (κ1) is 14.9. The number of hydrogen-bond donors (Lipinski definition) is 1. The van der Waals surface area contributed by atoms with Crippen LogP contribution in [0.1, 0.15) is 5.56 Å². The fraction of sp³-hybridized carbons (Fsp3) is 0.250. The number of benzene rings is 2. The van der Waals surface area contributed by atoms with E-state index in [0.29, 0.717) is 25.3 Å². The van der Waals surface area contributed by atoms with Crippen molar-refractivity contribution in [1.82, 2.24) is 0 Å². The van der Waals surface area contributed by atoms with Gasteiger partial charge < -0.3 is 10.5 Å². The van der Waals surface area contributed by atoms with Gasteiger partial charge in [-0.05, 0) is 42.8 Å². The lowest BCUT2D eigenvalue weighted by Crippen LogP contribution is -2.05. The average Bonchev–Trinajstić information content (AvgIpc) is 2.47. The van der Waals surface area contributed by atoms with Gasteiger partial charge >= 0.3 is 0 Å². The van der Waals surface area contributed by atoms with E-state index in [9.17, 15) is 4.39 Å². The minimum atomic E-state index is -0.319. The van der Waals surface area contributed by atoms with E-state index < -0.39 is 0 Å². The molecule has 0 amide bonds. The van der Waals surface area contributed by atoms with Crippen LogP contribution in [0.15, 0.2) is 53.4 Å². The minimum Gasteiger partial charge on any atom is -0.490 e. The van der Waals surface area contributed by atoms with E-state index in [0.717, 1.165) is 11.3 Å². The Morgan fingerprint density at radius 1 is 1.10 bits per heavy atom. The second-order valence-corrected chi connectivity index (χ2v) is 5.48. The van der Waals surface area contributed by atoms with Crippen LogP contribution in [0.4, 0.5) is 4.39 Å². The number of rotatable bonds is 7. The highest BCUT2D eigenvalue weighted by molar-refractivity contribution is 7.99. The van der Waals surface area contributed by atoms with Crippen molar-refractivity contribution in [3.63, 3.8) is 0 Å². The van der Waals surface area contributed by atoms with E-state index in [4.69, 9.17) is 10.5 Å². The quantitative estimate of drug-likeness (QED) is 0.626. The molecule has 0 spiro atoms. The van der Waals surface area contributed by atoms with Crippen molar-refractivity contribution in [2.24, 2.45) is 5.73 Å². The van der Waals surface area contributed by atoms with Crippen LogP contribution < -0.4 is 10.5 Å². The summed E-state index contributed by atoms with van der Waals surface area (Å²) in [5.41, 5.74) is 6.34. The van der Waals surface area contributed by atoms with Gasteiger partial charge in [0.1, 0.15) is 0 Å². The van der Waals surface area contributed by atoms with Crippen molar-refractivity contribution in [2.75, 3.05) is 18.9 Å². The summed E-state index contributed by atoms with van der Waals surface area (Å²) in [6.07, 6.45) is 0.682. The van der Waals surface area contributed by atoms with Gasteiger partial charge in [0.05, 0.1) is 6.61 Å². The van der Waals surface area contributed by atoms with Gasteiger partial charge in [-0.3, -0.25) is 0 Å². The van der Waals surface area contributed by atoms with Gasteiger partial charge in [-0.2, -0.15) is 0 Å². The number of halogens is 1. The molecule has 0 heterocycles. The Bertz CT molecular complexity index is 533. The van der Waals surface area contributed by atoms with Crippen LogP contribution in [0.5, 0.6) is 5.75 Å². The molecular formula is C16H18FNOS. The zero-order chi connectivity index (χ0) is 14.2. The van der Waals surface area contributed by atoms with Gasteiger partial charge in [-0.25, -0.2) is 4.39 Å². The second-order valence-electron chi connectivity index (χ2n) is 4.31. The molecule has 0 saturated carbocycles. The summed E-state index contributed by atoms with van der Waals surface area (Å²) in [5, 5.41) is 0. The fourth-order valence-corrected chi connectivity index (χ4v) is 2.56. The third-order valence-corrected chi connectivity index (χ3v) is 3.76. The van der Waals surface area contributed by atoms with E-state index in [1.165, 1.54) is 11.0 Å². The Labute approximate surface area is 123 Å². The van der Waals surface area contributed by atoms with E-state index in [2.05, 4.69) is 0 Å². The smallest absolute Gasteiger partial charge is 0.165 e. The number of hydrogen-bond acceptors (Lipinski definition) is 3. The van der Waals surface area contributed by atoms with Crippen LogP contribution in [0.25, 0.3) is 0 Å². The van der Waals surface area contributed by atoms with Crippen molar-refractivity contribution in [3.8, 4) is 5.75 Å². The first-order chi connectivity index (χ1) is 9.79. The molecular weight excluding hydrogens is 273 g/mol. The maximum absolute atomic E-state index is 13.8. The van der Waals surface area contributed by atoms with Gasteiger partial charge in [-0.1, -0.05) is 24.3 Å². The Hall–Kier alpha value is -1.52. The highest BCUT2D eigenvalue weighted by Gasteiger charge is 2.04. The largest absolute Gasteiger partial charge is 0.490 e. The van der Waals surface area contributed by atoms with Crippen molar-refractivity contribution >= 4 is 11.8 Å². The molecule has 2 N–H and O–H groups in total. The van der Waals surface area contributed by atoms with Crippen molar-refractivity contribution < 1.29 is 9.13 Å². The van der Waals surface area contributed by atoms with Crippen LogP contribution in [0.2, 0.25) is 0 Å². The number of nitrogens with two attached hydrogens (primary N) is 1. The summed E-state index contributed by atoms with van der Waals surface area (Å²) in [5.74, 6) is 0.772. The molecule has 0 aliphatic rings. The van der Waals surface area contributed by atoms with E-state index in [1.807, 2.05) is 36.4 Å². The molecule has 0 atom stereocenters. The molecule has 0 bridgehead atoms. The number of thioether (sulfide) groups is 1. The SMILES string of the molecule is NCCc1ccc(OCCSc2ccccc2)c(F)c1. The van der Waals surface area contributed by atoms with E-state index in [1.54, 1.807) is 17.8 Å². The van der Waals surface area contributed by atoms with Gasteiger partial charge in [0, 0.05) is 10.6 Å². The molecule has 2 rings (SSSR count). The minimum absolute atomic E-state index is 0.305. The molecule has 0 saturated heterocycles. The molecule has 2 nitrogen and oxygen atoms in total. The molecule has 0 aliphatic carbocycles. The molecule has 0 unspecified atom stereocenters. The van der Waals surface area contributed by atoms with Gasteiger partial charge in [0.2, 0.25) is 0 Å². The van der Waals surface area contributed by atoms with Crippen LogP contribution in [0, 0.1) is 5.82 Å². The summed E-state index contributed by atoms with van der Waals surface area (Å²) in [4.78, 5) is 1.19. The topological polar surface area (TPSA) is 35.2 Å². The Morgan fingerprint density at radius 3 is 2.60 bits per heavy atom. The summed E-state index contributed by atoms with van der Waals surface area (Å²) >= 11 is 1.69. The summed E-state index contributed by atoms with van der Waals surface area (Å²) in [6, 6.07) is 15.1. The average molecular weight is 291 g/mol. The Balaban J connectivity index is 1.79. The van der Waals surface area contributed by atoms with Crippen LogP contribution >= 0.6 is 11.8 Å². The highest BCUT2D eigenvalue weighted by atomic mass is 32.2. The molecule has 106 valence electrons. The normalized spacial score (nSPS) is 10.5. The Kier molecular flexibility index (Phi) is 5.89. The lowest BCUT2D eigenvalue weighted by Gasteiger charge is -2.08. The van der Waals surface area contributed by atoms with Gasteiger partial charge in [-0.15, -0.1) is 11.8 Å². The summed E-state index contributed by atoms with van der Waals surface area (Å²) in [6.45, 7) is 1.00. The predicted octanol–water partition coefficient (Wildman–Crippen LogP) is 3.50. The third kappa shape index (κ3) is 4.54. The van der Waals surface area contributed by atoms with E-state index in [-0.39, 0.29) is 5.82 Å². The monoisotopic (exact) mass is 291 g/mol. The van der Waals surface area contributed by atoms with Crippen LogP contribution in [-0.4, -0.2) is 18.9 Å². The highest BCUT2D eigenvalue weighted by Crippen LogP contribution is 2.20. The van der Waals surface area contributed by atoms with Crippen molar-refractivity contribution in [3.05, 3.63) is 59.9 Å². The Morgan fingerprint density at radius 2 is 1.90 bits per heavy atom. The standard InChI is InChI=1S/C16H18FNOS/c17-15-12-13(8-9-18)6-7-16(15)19-10-11-20-14-4-2-1-3-5-14/h1-7,12H,8-11,18H2.